The Morgan fingerprint density at radius 2 is 1.96 bits per heavy atom. The Hall–Kier alpha value is -3.03. The minimum absolute atomic E-state index is 0.0173. The molecule has 122 valence electrons. The lowest BCUT2D eigenvalue weighted by Gasteiger charge is -2.10. The third kappa shape index (κ3) is 4.22. The van der Waals surface area contributed by atoms with Crippen molar-refractivity contribution in [3.63, 3.8) is 0 Å². The van der Waals surface area contributed by atoms with E-state index in [-0.39, 0.29) is 24.4 Å². The number of H-pyrrole nitrogens is 2. The molecular formula is C15H17N3O5. The molecular weight excluding hydrogens is 302 g/mol. The fraction of sp³-hybridized carbons (Fsp3) is 0.267. The minimum atomic E-state index is -0.590. The van der Waals surface area contributed by atoms with Gasteiger partial charge in [0, 0.05) is 24.4 Å². The van der Waals surface area contributed by atoms with Crippen LogP contribution < -0.4 is 26.0 Å². The van der Waals surface area contributed by atoms with Crippen molar-refractivity contribution in [2.24, 2.45) is 0 Å². The van der Waals surface area contributed by atoms with Crippen molar-refractivity contribution in [1.82, 2.24) is 15.3 Å². The molecule has 23 heavy (non-hydrogen) atoms. The number of benzene rings is 1. The summed E-state index contributed by atoms with van der Waals surface area (Å²) in [5, 5.41) is 2.62. The summed E-state index contributed by atoms with van der Waals surface area (Å²) in [6.45, 7) is 0.0173. The van der Waals surface area contributed by atoms with Gasteiger partial charge in [-0.3, -0.25) is 14.6 Å². The number of carbonyl (C=O) groups excluding carboxylic acids is 1. The molecule has 0 bridgehead atoms. The largest absolute Gasteiger partial charge is 0.497 e. The summed E-state index contributed by atoms with van der Waals surface area (Å²) in [6, 6.07) is 5.16. The Morgan fingerprint density at radius 1 is 1.17 bits per heavy atom. The lowest BCUT2D eigenvalue weighted by molar-refractivity contribution is -0.120. The van der Waals surface area contributed by atoms with Gasteiger partial charge in [0.25, 0.3) is 5.56 Å². The van der Waals surface area contributed by atoms with E-state index in [9.17, 15) is 14.4 Å². The van der Waals surface area contributed by atoms with Gasteiger partial charge in [-0.2, -0.15) is 0 Å². The van der Waals surface area contributed by atoms with Crippen LogP contribution in [0.5, 0.6) is 11.5 Å². The van der Waals surface area contributed by atoms with E-state index in [1.54, 1.807) is 25.3 Å². The van der Waals surface area contributed by atoms with Crippen LogP contribution in [0, 0.1) is 0 Å². The quantitative estimate of drug-likeness (QED) is 0.690. The molecule has 0 atom stereocenters. The Kier molecular flexibility index (Phi) is 5.19. The highest BCUT2D eigenvalue weighted by Crippen LogP contribution is 2.24. The van der Waals surface area contributed by atoms with Gasteiger partial charge >= 0.3 is 5.69 Å². The highest BCUT2D eigenvalue weighted by Gasteiger charge is 2.10. The molecule has 8 nitrogen and oxygen atoms in total. The molecule has 1 amide bonds. The SMILES string of the molecule is COc1ccc(CC(=O)NCc2c[nH]c(=O)[nH]c2=O)c(OC)c1. The second-order valence-corrected chi connectivity index (χ2v) is 4.73. The van der Waals surface area contributed by atoms with Crippen LogP contribution in [-0.2, 0) is 17.8 Å². The van der Waals surface area contributed by atoms with Gasteiger partial charge in [0.1, 0.15) is 11.5 Å². The van der Waals surface area contributed by atoms with Gasteiger partial charge in [-0.15, -0.1) is 0 Å². The first-order valence-electron chi connectivity index (χ1n) is 6.82. The van der Waals surface area contributed by atoms with Gasteiger partial charge in [-0.1, -0.05) is 6.07 Å². The van der Waals surface area contributed by atoms with Crippen LogP contribution in [0.4, 0.5) is 0 Å². The molecule has 8 heteroatoms. The Labute approximate surface area is 131 Å². The zero-order valence-corrected chi connectivity index (χ0v) is 12.8. The molecule has 0 radical (unpaired) electrons. The monoisotopic (exact) mass is 319 g/mol. The predicted molar refractivity (Wildman–Crippen MR) is 82.8 cm³/mol. The minimum Gasteiger partial charge on any atom is -0.497 e. The predicted octanol–water partition coefficient (Wildman–Crippen LogP) is -0.0607. The second kappa shape index (κ2) is 7.30. The first-order valence-corrected chi connectivity index (χ1v) is 6.82. The third-order valence-electron chi connectivity index (χ3n) is 3.22. The normalized spacial score (nSPS) is 10.2. The summed E-state index contributed by atoms with van der Waals surface area (Å²) in [6.07, 6.45) is 1.36. The number of ether oxygens (including phenoxy) is 2. The molecule has 2 aromatic rings. The van der Waals surface area contributed by atoms with E-state index in [1.165, 1.54) is 13.3 Å². The van der Waals surface area contributed by atoms with Crippen LogP contribution in [0.2, 0.25) is 0 Å². The average molecular weight is 319 g/mol. The summed E-state index contributed by atoms with van der Waals surface area (Å²) in [5.74, 6) is 0.895. The highest BCUT2D eigenvalue weighted by molar-refractivity contribution is 5.79. The molecule has 0 saturated heterocycles. The van der Waals surface area contributed by atoms with E-state index in [1.807, 2.05) is 0 Å². The molecule has 2 rings (SSSR count). The molecule has 0 fully saturated rings. The van der Waals surface area contributed by atoms with Crippen LogP contribution in [-0.4, -0.2) is 30.1 Å². The van der Waals surface area contributed by atoms with Crippen LogP contribution in [0.15, 0.2) is 34.0 Å². The lowest BCUT2D eigenvalue weighted by atomic mass is 10.1. The van der Waals surface area contributed by atoms with Gasteiger partial charge in [0.05, 0.1) is 26.2 Å². The van der Waals surface area contributed by atoms with Crippen molar-refractivity contribution in [1.29, 1.82) is 0 Å². The summed E-state index contributed by atoms with van der Waals surface area (Å²) in [5.41, 5.74) is -0.162. The molecule has 0 saturated carbocycles. The topological polar surface area (TPSA) is 113 Å². The maximum Gasteiger partial charge on any atom is 0.325 e. The molecule has 0 spiro atoms. The fourth-order valence-corrected chi connectivity index (χ4v) is 2.00. The van der Waals surface area contributed by atoms with Gasteiger partial charge in [-0.25, -0.2) is 4.79 Å². The van der Waals surface area contributed by atoms with E-state index in [2.05, 4.69) is 15.3 Å². The number of hydrogen-bond acceptors (Lipinski definition) is 5. The average Bonchev–Trinajstić information content (AvgIpc) is 2.54. The molecule has 0 aliphatic rings. The van der Waals surface area contributed by atoms with E-state index in [4.69, 9.17) is 9.47 Å². The summed E-state index contributed by atoms with van der Waals surface area (Å²) >= 11 is 0. The number of aromatic amines is 2. The van der Waals surface area contributed by atoms with Gasteiger partial charge in [-0.05, 0) is 6.07 Å². The summed E-state index contributed by atoms with van der Waals surface area (Å²) in [7, 11) is 3.05. The van der Waals surface area contributed by atoms with Crippen molar-refractivity contribution in [3.8, 4) is 11.5 Å². The van der Waals surface area contributed by atoms with Crippen molar-refractivity contribution in [2.45, 2.75) is 13.0 Å². The zero-order chi connectivity index (χ0) is 16.8. The maximum absolute atomic E-state index is 12.0. The van der Waals surface area contributed by atoms with E-state index < -0.39 is 11.2 Å². The van der Waals surface area contributed by atoms with Crippen molar-refractivity contribution in [3.05, 3.63) is 56.4 Å². The molecule has 1 aromatic heterocycles. The summed E-state index contributed by atoms with van der Waals surface area (Å²) in [4.78, 5) is 38.9. The number of amides is 1. The summed E-state index contributed by atoms with van der Waals surface area (Å²) < 4.78 is 10.3. The Morgan fingerprint density at radius 3 is 2.61 bits per heavy atom. The van der Waals surface area contributed by atoms with Gasteiger partial charge in [0.2, 0.25) is 5.91 Å². The first kappa shape index (κ1) is 16.3. The molecule has 1 heterocycles. The molecule has 3 N–H and O–H groups in total. The van der Waals surface area contributed by atoms with Gasteiger partial charge < -0.3 is 19.8 Å². The van der Waals surface area contributed by atoms with Gasteiger partial charge in [0.15, 0.2) is 0 Å². The molecule has 1 aromatic carbocycles. The van der Waals surface area contributed by atoms with Crippen LogP contribution in [0.1, 0.15) is 11.1 Å². The zero-order valence-electron chi connectivity index (χ0n) is 12.8. The lowest BCUT2D eigenvalue weighted by Crippen LogP contribution is -2.31. The second-order valence-electron chi connectivity index (χ2n) is 4.73. The molecule has 0 aliphatic carbocycles. The smallest absolute Gasteiger partial charge is 0.325 e. The van der Waals surface area contributed by atoms with Crippen molar-refractivity contribution >= 4 is 5.91 Å². The van der Waals surface area contributed by atoms with E-state index in [0.29, 0.717) is 17.1 Å². The Balaban J connectivity index is 2.02. The van der Waals surface area contributed by atoms with Crippen LogP contribution in [0.3, 0.4) is 0 Å². The number of hydrogen-bond donors (Lipinski definition) is 3. The fourth-order valence-electron chi connectivity index (χ4n) is 2.00. The number of aromatic nitrogens is 2. The Bertz CT molecular complexity index is 809. The highest BCUT2D eigenvalue weighted by atomic mass is 16.5. The van der Waals surface area contributed by atoms with Crippen molar-refractivity contribution < 1.29 is 14.3 Å². The first-order chi connectivity index (χ1) is 11.0. The van der Waals surface area contributed by atoms with Crippen LogP contribution in [0.25, 0.3) is 0 Å². The number of methoxy groups -OCH3 is 2. The molecule has 0 unspecified atom stereocenters. The molecule has 0 aliphatic heterocycles. The third-order valence-corrected chi connectivity index (χ3v) is 3.22. The number of carbonyl (C=O) groups is 1. The van der Waals surface area contributed by atoms with Crippen LogP contribution >= 0.6 is 0 Å². The maximum atomic E-state index is 12.0. The van der Waals surface area contributed by atoms with E-state index >= 15 is 0 Å². The van der Waals surface area contributed by atoms with E-state index in [0.717, 1.165) is 0 Å². The standard InChI is InChI=1S/C15H17N3O5/c1-22-11-4-3-9(12(6-11)23-2)5-13(19)16-7-10-8-17-15(21)18-14(10)20/h3-4,6,8H,5,7H2,1-2H3,(H,16,19)(H2,17,18,20,21). The number of rotatable bonds is 6. The number of nitrogens with one attached hydrogen (secondary N) is 3. The van der Waals surface area contributed by atoms with Crippen molar-refractivity contribution in [2.75, 3.05) is 14.2 Å².